The Hall–Kier alpha value is -1.30. The normalized spacial score (nSPS) is 12.2. The summed E-state index contributed by atoms with van der Waals surface area (Å²) in [7, 11) is 1.55. The van der Waals surface area contributed by atoms with Crippen LogP contribution in [0.15, 0.2) is 18.2 Å². The highest BCUT2D eigenvalue weighted by atomic mass is 16.5. The number of benzene rings is 1. The molecule has 0 aliphatic heterocycles. The number of methoxy groups -OCH3 is 1. The second-order valence-corrected chi connectivity index (χ2v) is 4.41. The number of nitrogens with one attached hydrogen (secondary N) is 1. The summed E-state index contributed by atoms with van der Waals surface area (Å²) in [5, 5.41) is 12.9. The molecule has 1 aromatic rings. The van der Waals surface area contributed by atoms with Gasteiger partial charge in [-0.3, -0.25) is 0 Å². The van der Waals surface area contributed by atoms with Gasteiger partial charge in [-0.15, -0.1) is 0 Å². The van der Waals surface area contributed by atoms with E-state index >= 15 is 0 Å². The Bertz CT molecular complexity index is 384. The molecule has 2 N–H and O–H groups in total. The summed E-state index contributed by atoms with van der Waals surface area (Å²) in [5.74, 6) is 1.34. The molecular weight excluding hydrogens is 258 g/mol. The van der Waals surface area contributed by atoms with Crippen molar-refractivity contribution in [3.05, 3.63) is 23.8 Å². The molecule has 0 radical (unpaired) electrons. The SMILES string of the molecule is CCNCc1ccc(OCC(O)COC)c(OCC)c1. The van der Waals surface area contributed by atoms with Gasteiger partial charge in [-0.2, -0.15) is 0 Å². The van der Waals surface area contributed by atoms with Gasteiger partial charge < -0.3 is 24.6 Å². The number of aliphatic hydroxyl groups excluding tert-OH is 1. The molecule has 20 heavy (non-hydrogen) atoms. The van der Waals surface area contributed by atoms with Gasteiger partial charge in [-0.05, 0) is 31.2 Å². The van der Waals surface area contributed by atoms with Crippen LogP contribution in [-0.4, -0.2) is 44.7 Å². The molecule has 1 aromatic carbocycles. The Morgan fingerprint density at radius 3 is 2.60 bits per heavy atom. The first-order valence-corrected chi connectivity index (χ1v) is 6.97. The van der Waals surface area contributed by atoms with Gasteiger partial charge >= 0.3 is 0 Å². The first-order valence-electron chi connectivity index (χ1n) is 6.97. The summed E-state index contributed by atoms with van der Waals surface area (Å²) in [6.07, 6.45) is -0.643. The minimum absolute atomic E-state index is 0.181. The van der Waals surface area contributed by atoms with E-state index in [2.05, 4.69) is 12.2 Å². The second kappa shape index (κ2) is 9.58. The van der Waals surface area contributed by atoms with Crippen molar-refractivity contribution in [1.82, 2.24) is 5.32 Å². The molecule has 0 amide bonds. The van der Waals surface area contributed by atoms with Crippen molar-refractivity contribution in [2.24, 2.45) is 0 Å². The number of ether oxygens (including phenoxy) is 3. The average Bonchev–Trinajstić information content (AvgIpc) is 2.44. The first kappa shape index (κ1) is 16.8. The number of hydrogen-bond donors (Lipinski definition) is 2. The maximum atomic E-state index is 9.60. The summed E-state index contributed by atoms with van der Waals surface area (Å²) >= 11 is 0. The van der Waals surface area contributed by atoms with Crippen LogP contribution in [-0.2, 0) is 11.3 Å². The molecule has 0 saturated heterocycles. The fourth-order valence-electron chi connectivity index (χ4n) is 1.75. The Labute approximate surface area is 120 Å². The lowest BCUT2D eigenvalue weighted by Gasteiger charge is -2.15. The highest BCUT2D eigenvalue weighted by molar-refractivity contribution is 5.43. The Balaban J connectivity index is 2.68. The van der Waals surface area contributed by atoms with E-state index in [1.54, 1.807) is 7.11 Å². The summed E-state index contributed by atoms with van der Waals surface area (Å²) in [6.45, 7) is 6.72. The van der Waals surface area contributed by atoms with Crippen molar-refractivity contribution >= 4 is 0 Å². The lowest BCUT2D eigenvalue weighted by molar-refractivity contribution is 0.0318. The summed E-state index contributed by atoms with van der Waals surface area (Å²) in [4.78, 5) is 0. The van der Waals surface area contributed by atoms with Crippen LogP contribution in [0, 0.1) is 0 Å². The molecule has 0 aliphatic carbocycles. The van der Waals surface area contributed by atoms with Gasteiger partial charge in [0.2, 0.25) is 0 Å². The number of hydrogen-bond acceptors (Lipinski definition) is 5. The maximum absolute atomic E-state index is 9.60. The monoisotopic (exact) mass is 283 g/mol. The summed E-state index contributed by atoms with van der Waals surface area (Å²) in [5.41, 5.74) is 1.14. The van der Waals surface area contributed by atoms with Gasteiger partial charge in [0.25, 0.3) is 0 Å². The Morgan fingerprint density at radius 2 is 1.95 bits per heavy atom. The van der Waals surface area contributed by atoms with E-state index in [1.165, 1.54) is 0 Å². The largest absolute Gasteiger partial charge is 0.490 e. The molecule has 0 heterocycles. The molecule has 0 spiro atoms. The third-order valence-corrected chi connectivity index (χ3v) is 2.68. The molecule has 0 saturated carbocycles. The van der Waals surface area contributed by atoms with Crippen molar-refractivity contribution in [2.45, 2.75) is 26.5 Å². The molecular formula is C15H25NO4. The Morgan fingerprint density at radius 1 is 1.15 bits per heavy atom. The van der Waals surface area contributed by atoms with Gasteiger partial charge in [-0.25, -0.2) is 0 Å². The zero-order chi connectivity index (χ0) is 14.8. The first-order chi connectivity index (χ1) is 9.71. The van der Waals surface area contributed by atoms with Crippen LogP contribution in [0.5, 0.6) is 11.5 Å². The molecule has 0 aromatic heterocycles. The molecule has 1 atom stereocenters. The van der Waals surface area contributed by atoms with Crippen LogP contribution in [0.3, 0.4) is 0 Å². The molecule has 0 bridgehead atoms. The van der Waals surface area contributed by atoms with Gasteiger partial charge in [0.05, 0.1) is 13.2 Å². The van der Waals surface area contributed by atoms with E-state index in [0.717, 1.165) is 18.7 Å². The fourth-order valence-corrected chi connectivity index (χ4v) is 1.75. The van der Waals surface area contributed by atoms with Crippen molar-refractivity contribution in [3.63, 3.8) is 0 Å². The van der Waals surface area contributed by atoms with Crippen LogP contribution in [0.25, 0.3) is 0 Å². The van der Waals surface area contributed by atoms with E-state index in [9.17, 15) is 5.11 Å². The lowest BCUT2D eigenvalue weighted by atomic mass is 10.2. The minimum Gasteiger partial charge on any atom is -0.490 e. The third-order valence-electron chi connectivity index (χ3n) is 2.68. The zero-order valence-electron chi connectivity index (χ0n) is 12.5. The van der Waals surface area contributed by atoms with E-state index in [0.29, 0.717) is 18.1 Å². The fraction of sp³-hybridized carbons (Fsp3) is 0.600. The van der Waals surface area contributed by atoms with Crippen LogP contribution in [0.1, 0.15) is 19.4 Å². The summed E-state index contributed by atoms with van der Waals surface area (Å²) < 4.78 is 16.0. The molecule has 1 unspecified atom stereocenters. The molecule has 0 fully saturated rings. The Kier molecular flexibility index (Phi) is 8.02. The van der Waals surface area contributed by atoms with E-state index in [1.807, 2.05) is 25.1 Å². The van der Waals surface area contributed by atoms with E-state index in [-0.39, 0.29) is 13.2 Å². The van der Waals surface area contributed by atoms with Crippen molar-refractivity contribution in [1.29, 1.82) is 0 Å². The topological polar surface area (TPSA) is 60.0 Å². The molecule has 5 nitrogen and oxygen atoms in total. The quantitative estimate of drug-likeness (QED) is 0.683. The third kappa shape index (κ3) is 5.77. The number of rotatable bonds is 10. The van der Waals surface area contributed by atoms with Crippen LogP contribution >= 0.6 is 0 Å². The number of aliphatic hydroxyl groups is 1. The van der Waals surface area contributed by atoms with Gasteiger partial charge in [0, 0.05) is 13.7 Å². The van der Waals surface area contributed by atoms with Crippen molar-refractivity contribution in [3.8, 4) is 11.5 Å². The van der Waals surface area contributed by atoms with Crippen molar-refractivity contribution in [2.75, 3.05) is 33.5 Å². The van der Waals surface area contributed by atoms with Crippen LogP contribution < -0.4 is 14.8 Å². The predicted molar refractivity (Wildman–Crippen MR) is 78.4 cm³/mol. The maximum Gasteiger partial charge on any atom is 0.161 e. The van der Waals surface area contributed by atoms with Crippen molar-refractivity contribution < 1.29 is 19.3 Å². The minimum atomic E-state index is -0.643. The second-order valence-electron chi connectivity index (χ2n) is 4.41. The van der Waals surface area contributed by atoms with E-state index < -0.39 is 6.10 Å². The standard InChI is InChI=1S/C15H25NO4/c1-4-16-9-12-6-7-14(15(8-12)19-5-2)20-11-13(17)10-18-3/h6-8,13,16-17H,4-5,9-11H2,1-3H3. The molecule has 114 valence electrons. The molecule has 0 aliphatic rings. The highest BCUT2D eigenvalue weighted by Gasteiger charge is 2.09. The predicted octanol–water partition coefficient (Wildman–Crippen LogP) is 1.58. The van der Waals surface area contributed by atoms with E-state index in [4.69, 9.17) is 14.2 Å². The van der Waals surface area contributed by atoms with Gasteiger partial charge in [-0.1, -0.05) is 13.0 Å². The van der Waals surface area contributed by atoms with Crippen LogP contribution in [0.2, 0.25) is 0 Å². The van der Waals surface area contributed by atoms with Gasteiger partial charge in [0.15, 0.2) is 11.5 Å². The highest BCUT2D eigenvalue weighted by Crippen LogP contribution is 2.28. The zero-order valence-corrected chi connectivity index (χ0v) is 12.5. The molecule has 5 heteroatoms. The summed E-state index contributed by atoms with van der Waals surface area (Å²) in [6, 6.07) is 5.82. The van der Waals surface area contributed by atoms with Gasteiger partial charge in [0.1, 0.15) is 12.7 Å². The average molecular weight is 283 g/mol. The lowest BCUT2D eigenvalue weighted by Crippen LogP contribution is -2.22. The van der Waals surface area contributed by atoms with Crippen LogP contribution in [0.4, 0.5) is 0 Å². The molecule has 1 rings (SSSR count). The smallest absolute Gasteiger partial charge is 0.161 e.